The van der Waals surface area contributed by atoms with Crippen molar-refractivity contribution >= 4 is 0 Å². The first-order valence-corrected chi connectivity index (χ1v) is 7.36. The van der Waals surface area contributed by atoms with Gasteiger partial charge in [0.05, 0.1) is 12.0 Å². The van der Waals surface area contributed by atoms with E-state index >= 15 is 0 Å². The maximum atomic E-state index is 14.5. The second kappa shape index (κ2) is 6.31. The van der Waals surface area contributed by atoms with Gasteiger partial charge in [0, 0.05) is 5.56 Å². The van der Waals surface area contributed by atoms with Crippen molar-refractivity contribution in [3.63, 3.8) is 0 Å². The molecule has 0 aromatic heterocycles. The van der Waals surface area contributed by atoms with Crippen molar-refractivity contribution in [1.29, 1.82) is 0 Å². The van der Waals surface area contributed by atoms with Crippen molar-refractivity contribution in [2.24, 2.45) is 0 Å². The highest BCUT2D eigenvalue weighted by Crippen LogP contribution is 2.40. The third-order valence-electron chi connectivity index (χ3n) is 4.17. The largest absolute Gasteiger partial charge is 0.395 e. The molecule has 0 amide bonds. The van der Waals surface area contributed by atoms with E-state index in [-0.39, 0.29) is 12.4 Å². The summed E-state index contributed by atoms with van der Waals surface area (Å²) in [5.41, 5.74) is 0.664. The molecule has 116 valence electrons. The van der Waals surface area contributed by atoms with Gasteiger partial charge in [0.15, 0.2) is 0 Å². The molecular formula is C20H16F2O. The molecule has 3 aromatic carbocycles. The second-order valence-electron chi connectivity index (χ2n) is 5.42. The zero-order chi connectivity index (χ0) is 16.3. The molecule has 0 aliphatic heterocycles. The lowest BCUT2D eigenvalue weighted by atomic mass is 9.70. The first kappa shape index (κ1) is 15.4. The third kappa shape index (κ3) is 2.64. The Morgan fingerprint density at radius 2 is 1.26 bits per heavy atom. The maximum Gasteiger partial charge on any atom is 0.127 e. The summed E-state index contributed by atoms with van der Waals surface area (Å²) in [6.07, 6.45) is 0. The molecule has 3 aromatic rings. The van der Waals surface area contributed by atoms with Crippen LogP contribution in [0.3, 0.4) is 0 Å². The second-order valence-corrected chi connectivity index (χ2v) is 5.42. The predicted molar refractivity (Wildman–Crippen MR) is 86.2 cm³/mol. The minimum atomic E-state index is -1.08. The Morgan fingerprint density at radius 1 is 0.696 bits per heavy atom. The van der Waals surface area contributed by atoms with Gasteiger partial charge in [-0.05, 0) is 29.3 Å². The van der Waals surface area contributed by atoms with Crippen LogP contribution in [-0.2, 0) is 5.41 Å². The molecule has 0 heterocycles. The Labute approximate surface area is 133 Å². The van der Waals surface area contributed by atoms with Crippen molar-refractivity contribution < 1.29 is 13.9 Å². The van der Waals surface area contributed by atoms with Crippen molar-refractivity contribution in [2.45, 2.75) is 5.41 Å². The molecule has 1 atom stereocenters. The van der Waals surface area contributed by atoms with E-state index in [1.165, 1.54) is 18.2 Å². The van der Waals surface area contributed by atoms with Crippen molar-refractivity contribution in [1.82, 2.24) is 0 Å². The summed E-state index contributed by atoms with van der Waals surface area (Å²) in [5, 5.41) is 10.3. The van der Waals surface area contributed by atoms with Gasteiger partial charge in [-0.2, -0.15) is 0 Å². The lowest BCUT2D eigenvalue weighted by Gasteiger charge is -2.34. The zero-order valence-corrected chi connectivity index (χ0v) is 12.4. The van der Waals surface area contributed by atoms with Crippen LogP contribution in [0.5, 0.6) is 0 Å². The lowest BCUT2D eigenvalue weighted by molar-refractivity contribution is 0.239. The van der Waals surface area contributed by atoms with Crippen LogP contribution in [0.15, 0.2) is 78.9 Å². The van der Waals surface area contributed by atoms with Gasteiger partial charge in [-0.1, -0.05) is 60.7 Å². The molecule has 23 heavy (non-hydrogen) atoms. The summed E-state index contributed by atoms with van der Waals surface area (Å²) in [5.74, 6) is -0.781. The minimum Gasteiger partial charge on any atom is -0.395 e. The highest BCUT2D eigenvalue weighted by molar-refractivity contribution is 5.51. The third-order valence-corrected chi connectivity index (χ3v) is 4.17. The number of rotatable bonds is 4. The molecule has 0 radical (unpaired) electrons. The van der Waals surface area contributed by atoms with Crippen LogP contribution in [0.1, 0.15) is 16.7 Å². The van der Waals surface area contributed by atoms with Gasteiger partial charge >= 0.3 is 0 Å². The molecule has 0 saturated heterocycles. The molecule has 0 bridgehead atoms. The van der Waals surface area contributed by atoms with E-state index in [0.29, 0.717) is 11.1 Å². The number of aliphatic hydroxyl groups excluding tert-OH is 1. The summed E-state index contributed by atoms with van der Waals surface area (Å²) in [6.45, 7) is -0.330. The molecule has 3 heteroatoms. The van der Waals surface area contributed by atoms with Crippen molar-refractivity contribution in [2.75, 3.05) is 6.61 Å². The molecule has 0 fully saturated rings. The van der Waals surface area contributed by atoms with E-state index < -0.39 is 11.2 Å². The molecule has 0 spiro atoms. The average Bonchev–Trinajstić information content (AvgIpc) is 2.60. The fourth-order valence-corrected chi connectivity index (χ4v) is 3.01. The van der Waals surface area contributed by atoms with Crippen molar-refractivity contribution in [3.8, 4) is 0 Å². The Hall–Kier alpha value is -2.52. The van der Waals surface area contributed by atoms with E-state index in [1.54, 1.807) is 30.3 Å². The normalized spacial score (nSPS) is 13.5. The van der Waals surface area contributed by atoms with Crippen LogP contribution in [0.4, 0.5) is 8.78 Å². The zero-order valence-electron chi connectivity index (χ0n) is 12.4. The number of benzene rings is 3. The summed E-state index contributed by atoms with van der Waals surface area (Å²) in [6, 6.07) is 21.4. The molecule has 0 aliphatic carbocycles. The summed E-state index contributed by atoms with van der Waals surface area (Å²) < 4.78 is 27.9. The summed E-state index contributed by atoms with van der Waals surface area (Å²) in [4.78, 5) is 0. The Bertz CT molecular complexity index is 784. The van der Waals surface area contributed by atoms with E-state index in [4.69, 9.17) is 0 Å². The Balaban J connectivity index is 2.33. The van der Waals surface area contributed by atoms with Crippen LogP contribution in [-0.4, -0.2) is 11.7 Å². The standard InChI is InChI=1S/C20H16F2O/c21-17-12-10-16(11-13-17)20(14-23,15-6-2-1-3-7-15)18-8-4-5-9-19(18)22/h1-13,23H,14H2. The highest BCUT2D eigenvalue weighted by Gasteiger charge is 2.37. The molecule has 3 rings (SSSR count). The minimum absolute atomic E-state index is 0.330. The first-order chi connectivity index (χ1) is 11.2. The van der Waals surface area contributed by atoms with Gasteiger partial charge in [-0.3, -0.25) is 0 Å². The molecule has 0 saturated carbocycles. The highest BCUT2D eigenvalue weighted by atomic mass is 19.1. The predicted octanol–water partition coefficient (Wildman–Crippen LogP) is 4.29. The van der Waals surface area contributed by atoms with E-state index in [0.717, 1.165) is 5.56 Å². The van der Waals surface area contributed by atoms with E-state index in [1.807, 2.05) is 30.3 Å². The fraction of sp³-hybridized carbons (Fsp3) is 0.100. The number of hydrogen-bond donors (Lipinski definition) is 1. The topological polar surface area (TPSA) is 20.2 Å². The molecule has 1 N–H and O–H groups in total. The van der Waals surface area contributed by atoms with Crippen LogP contribution in [0.25, 0.3) is 0 Å². The van der Waals surface area contributed by atoms with Crippen LogP contribution < -0.4 is 0 Å². The van der Waals surface area contributed by atoms with Gasteiger partial charge < -0.3 is 5.11 Å². The lowest BCUT2D eigenvalue weighted by Crippen LogP contribution is -2.34. The SMILES string of the molecule is OCC(c1ccccc1)(c1ccc(F)cc1)c1ccccc1F. The molecule has 1 unspecified atom stereocenters. The summed E-state index contributed by atoms with van der Waals surface area (Å²) >= 11 is 0. The maximum absolute atomic E-state index is 14.5. The first-order valence-electron chi connectivity index (χ1n) is 7.36. The van der Waals surface area contributed by atoms with Crippen LogP contribution in [0, 0.1) is 11.6 Å². The van der Waals surface area contributed by atoms with Gasteiger partial charge in [0.2, 0.25) is 0 Å². The van der Waals surface area contributed by atoms with Crippen LogP contribution in [0.2, 0.25) is 0 Å². The van der Waals surface area contributed by atoms with Gasteiger partial charge in [0.1, 0.15) is 11.6 Å². The monoisotopic (exact) mass is 310 g/mol. The van der Waals surface area contributed by atoms with Gasteiger partial charge in [-0.25, -0.2) is 8.78 Å². The number of hydrogen-bond acceptors (Lipinski definition) is 1. The van der Waals surface area contributed by atoms with Crippen molar-refractivity contribution in [3.05, 3.63) is 107 Å². The number of halogens is 2. The van der Waals surface area contributed by atoms with Gasteiger partial charge in [-0.15, -0.1) is 0 Å². The Kier molecular flexibility index (Phi) is 4.22. The quantitative estimate of drug-likeness (QED) is 0.713. The average molecular weight is 310 g/mol. The number of aliphatic hydroxyl groups is 1. The smallest absolute Gasteiger partial charge is 0.127 e. The fourth-order valence-electron chi connectivity index (χ4n) is 3.01. The summed E-state index contributed by atoms with van der Waals surface area (Å²) in [7, 11) is 0. The van der Waals surface area contributed by atoms with E-state index in [2.05, 4.69) is 0 Å². The molecular weight excluding hydrogens is 294 g/mol. The van der Waals surface area contributed by atoms with Gasteiger partial charge in [0.25, 0.3) is 0 Å². The van der Waals surface area contributed by atoms with E-state index in [9.17, 15) is 13.9 Å². The Morgan fingerprint density at radius 3 is 1.87 bits per heavy atom. The van der Waals surface area contributed by atoms with Crippen LogP contribution >= 0.6 is 0 Å². The molecule has 1 nitrogen and oxygen atoms in total. The molecule has 0 aliphatic rings.